The number of thioether (sulfide) groups is 1. The zero-order valence-electron chi connectivity index (χ0n) is 21.7. The number of allylic oxidation sites excluding steroid dienone is 1. The first-order valence-electron chi connectivity index (χ1n) is 12.5. The number of aromatic nitrogens is 3. The predicted octanol–water partition coefficient (Wildman–Crippen LogP) is 6.44. The number of hydrogen-bond donors (Lipinski definition) is 2. The summed E-state index contributed by atoms with van der Waals surface area (Å²) in [5.41, 5.74) is 4.20. The maximum Gasteiger partial charge on any atom is 0.255 e. The van der Waals surface area contributed by atoms with Gasteiger partial charge >= 0.3 is 0 Å². The fourth-order valence-corrected chi connectivity index (χ4v) is 4.67. The van der Waals surface area contributed by atoms with Crippen molar-refractivity contribution in [1.82, 2.24) is 14.8 Å². The molecule has 0 aliphatic carbocycles. The number of aryl methyl sites for hydroxylation is 1. The summed E-state index contributed by atoms with van der Waals surface area (Å²) in [7, 11) is 0. The van der Waals surface area contributed by atoms with Crippen LogP contribution >= 0.6 is 11.8 Å². The standard InChI is InChI=1S/C28H35N5O2S/c1-6-17-36-28-31-27-29-20(5)24(26(34)30-22-11-7-19(4)8-12-22)25(33(27)32-28)21-9-13-23(14-10-21)35-16-15-18(2)3/h7-14,18,25H,6,15-17H2,1-5H3,(H,30,34)(H,29,31,32). The first kappa shape index (κ1) is 25.8. The SMILES string of the molecule is CCCSc1nc2n(n1)C(c1ccc(OCCC(C)C)cc1)C(C(=O)Nc1ccc(C)cc1)=C(C)N2. The van der Waals surface area contributed by atoms with E-state index in [1.54, 1.807) is 11.8 Å². The lowest BCUT2D eigenvalue weighted by molar-refractivity contribution is -0.113. The highest BCUT2D eigenvalue weighted by Crippen LogP contribution is 2.37. The van der Waals surface area contributed by atoms with Crippen LogP contribution in [-0.4, -0.2) is 33.0 Å². The topological polar surface area (TPSA) is 81.1 Å². The van der Waals surface area contributed by atoms with E-state index in [9.17, 15) is 4.79 Å². The molecule has 1 aliphatic rings. The second kappa shape index (κ2) is 11.6. The number of nitrogens with zero attached hydrogens (tertiary/aromatic N) is 3. The normalized spacial score (nSPS) is 15.0. The highest BCUT2D eigenvalue weighted by Gasteiger charge is 2.34. The lowest BCUT2D eigenvalue weighted by atomic mass is 9.95. The van der Waals surface area contributed by atoms with Crippen molar-refractivity contribution in [2.24, 2.45) is 5.92 Å². The van der Waals surface area contributed by atoms with E-state index in [0.29, 0.717) is 29.2 Å². The van der Waals surface area contributed by atoms with Crippen molar-refractivity contribution in [3.05, 3.63) is 70.9 Å². The van der Waals surface area contributed by atoms with Crippen LogP contribution in [0, 0.1) is 12.8 Å². The van der Waals surface area contributed by atoms with Crippen LogP contribution in [0.2, 0.25) is 0 Å². The Morgan fingerprint density at radius 1 is 1.14 bits per heavy atom. The number of carbonyl (C=O) groups is 1. The van der Waals surface area contributed by atoms with Crippen LogP contribution in [0.3, 0.4) is 0 Å². The second-order valence-electron chi connectivity index (χ2n) is 9.50. The first-order chi connectivity index (χ1) is 17.4. The molecule has 0 bridgehead atoms. The Balaban J connectivity index is 1.66. The van der Waals surface area contributed by atoms with Gasteiger partial charge in [0.05, 0.1) is 12.2 Å². The van der Waals surface area contributed by atoms with Crippen LogP contribution in [0.1, 0.15) is 57.7 Å². The summed E-state index contributed by atoms with van der Waals surface area (Å²) in [6, 6.07) is 15.3. The Morgan fingerprint density at radius 3 is 2.53 bits per heavy atom. The van der Waals surface area contributed by atoms with Gasteiger partial charge in [-0.05, 0) is 62.4 Å². The predicted molar refractivity (Wildman–Crippen MR) is 147 cm³/mol. The van der Waals surface area contributed by atoms with Gasteiger partial charge in [-0.3, -0.25) is 4.79 Å². The Morgan fingerprint density at radius 2 is 1.86 bits per heavy atom. The Hall–Kier alpha value is -3.26. The van der Waals surface area contributed by atoms with Crippen molar-refractivity contribution >= 4 is 29.3 Å². The summed E-state index contributed by atoms with van der Waals surface area (Å²) < 4.78 is 7.74. The van der Waals surface area contributed by atoms with Gasteiger partial charge in [-0.1, -0.05) is 62.4 Å². The van der Waals surface area contributed by atoms with Crippen molar-refractivity contribution in [1.29, 1.82) is 0 Å². The van der Waals surface area contributed by atoms with Crippen LogP contribution in [0.4, 0.5) is 11.6 Å². The number of nitrogens with one attached hydrogen (secondary N) is 2. The van der Waals surface area contributed by atoms with Crippen LogP contribution < -0.4 is 15.4 Å². The van der Waals surface area contributed by atoms with E-state index in [4.69, 9.17) is 9.84 Å². The molecule has 2 aromatic carbocycles. The largest absolute Gasteiger partial charge is 0.494 e. The number of carbonyl (C=O) groups excluding carboxylic acids is 1. The van der Waals surface area contributed by atoms with Crippen molar-refractivity contribution in [2.75, 3.05) is 23.0 Å². The molecule has 8 heteroatoms. The minimum atomic E-state index is -0.417. The molecular formula is C28H35N5O2S. The molecule has 0 radical (unpaired) electrons. The molecule has 0 spiro atoms. The number of anilines is 2. The lowest BCUT2D eigenvalue weighted by Gasteiger charge is -2.28. The van der Waals surface area contributed by atoms with E-state index in [-0.39, 0.29) is 5.91 Å². The van der Waals surface area contributed by atoms with E-state index in [1.807, 2.05) is 67.1 Å². The smallest absolute Gasteiger partial charge is 0.255 e. The molecule has 1 aromatic heterocycles. The van der Waals surface area contributed by atoms with Gasteiger partial charge in [0.15, 0.2) is 0 Å². The average molecular weight is 506 g/mol. The zero-order chi connectivity index (χ0) is 25.7. The average Bonchev–Trinajstić information content (AvgIpc) is 3.25. The minimum Gasteiger partial charge on any atom is -0.494 e. The second-order valence-corrected chi connectivity index (χ2v) is 10.6. The quantitative estimate of drug-likeness (QED) is 0.309. The summed E-state index contributed by atoms with van der Waals surface area (Å²) in [5, 5.41) is 11.8. The molecule has 4 rings (SSSR count). The summed E-state index contributed by atoms with van der Waals surface area (Å²) in [6.07, 6.45) is 2.03. The first-order valence-corrected chi connectivity index (χ1v) is 13.5. The summed E-state index contributed by atoms with van der Waals surface area (Å²) >= 11 is 1.62. The monoisotopic (exact) mass is 505 g/mol. The third-order valence-electron chi connectivity index (χ3n) is 5.98. The molecule has 1 amide bonds. The van der Waals surface area contributed by atoms with Crippen LogP contribution in [0.5, 0.6) is 5.75 Å². The van der Waals surface area contributed by atoms with E-state index in [0.717, 1.165) is 46.9 Å². The van der Waals surface area contributed by atoms with Gasteiger partial charge in [-0.15, -0.1) is 5.10 Å². The molecule has 36 heavy (non-hydrogen) atoms. The molecule has 2 N–H and O–H groups in total. The van der Waals surface area contributed by atoms with Crippen LogP contribution in [0.25, 0.3) is 0 Å². The fraction of sp³-hybridized carbons (Fsp3) is 0.393. The molecule has 190 valence electrons. The highest BCUT2D eigenvalue weighted by molar-refractivity contribution is 7.99. The summed E-state index contributed by atoms with van der Waals surface area (Å²) in [4.78, 5) is 18.3. The van der Waals surface area contributed by atoms with Crippen molar-refractivity contribution < 1.29 is 9.53 Å². The molecule has 3 aromatic rings. The molecule has 1 unspecified atom stereocenters. The van der Waals surface area contributed by atoms with E-state index < -0.39 is 6.04 Å². The maximum absolute atomic E-state index is 13.6. The zero-order valence-corrected chi connectivity index (χ0v) is 22.5. The van der Waals surface area contributed by atoms with Gasteiger partial charge in [-0.25, -0.2) is 4.68 Å². The summed E-state index contributed by atoms with van der Waals surface area (Å²) in [6.45, 7) is 11.1. The van der Waals surface area contributed by atoms with Crippen molar-refractivity contribution in [2.45, 2.75) is 58.7 Å². The minimum absolute atomic E-state index is 0.171. The number of fused-ring (bicyclic) bond motifs is 1. The lowest BCUT2D eigenvalue weighted by Crippen LogP contribution is -2.31. The molecule has 0 fully saturated rings. The Kier molecular flexibility index (Phi) is 8.36. The third kappa shape index (κ3) is 6.10. The van der Waals surface area contributed by atoms with Crippen LogP contribution in [-0.2, 0) is 4.79 Å². The molecule has 7 nitrogen and oxygen atoms in total. The van der Waals surface area contributed by atoms with Gasteiger partial charge in [0.25, 0.3) is 5.91 Å². The van der Waals surface area contributed by atoms with Gasteiger partial charge in [0.1, 0.15) is 11.8 Å². The van der Waals surface area contributed by atoms with Crippen molar-refractivity contribution in [3.63, 3.8) is 0 Å². The van der Waals surface area contributed by atoms with Gasteiger partial charge in [0, 0.05) is 17.1 Å². The van der Waals surface area contributed by atoms with E-state index in [2.05, 4.69) is 36.4 Å². The third-order valence-corrected chi connectivity index (χ3v) is 7.03. The number of amides is 1. The molecular weight excluding hydrogens is 470 g/mol. The Labute approximate surface area is 217 Å². The number of ether oxygens (including phenoxy) is 1. The van der Waals surface area contributed by atoms with Crippen LogP contribution in [0.15, 0.2) is 65.0 Å². The number of benzene rings is 2. The Bertz CT molecular complexity index is 1220. The van der Waals surface area contributed by atoms with E-state index >= 15 is 0 Å². The maximum atomic E-state index is 13.6. The summed E-state index contributed by atoms with van der Waals surface area (Å²) in [5.74, 6) is 2.81. The molecule has 1 aliphatic heterocycles. The van der Waals surface area contributed by atoms with E-state index in [1.165, 1.54) is 0 Å². The molecule has 0 saturated heterocycles. The van der Waals surface area contributed by atoms with Crippen molar-refractivity contribution in [3.8, 4) is 5.75 Å². The number of rotatable bonds is 10. The van der Waals surface area contributed by atoms with Gasteiger partial charge in [0.2, 0.25) is 11.1 Å². The fourth-order valence-electron chi connectivity index (χ4n) is 3.98. The molecule has 2 heterocycles. The van der Waals surface area contributed by atoms with Gasteiger partial charge in [-0.2, -0.15) is 4.98 Å². The molecule has 1 atom stereocenters. The number of hydrogen-bond acceptors (Lipinski definition) is 6. The molecule has 0 saturated carbocycles. The van der Waals surface area contributed by atoms with Gasteiger partial charge < -0.3 is 15.4 Å². The highest BCUT2D eigenvalue weighted by atomic mass is 32.2.